The molecule has 2 aliphatic heterocycles. The molecule has 6 heteroatoms. The summed E-state index contributed by atoms with van der Waals surface area (Å²) in [5, 5.41) is 2.89. The van der Waals surface area contributed by atoms with E-state index in [1.54, 1.807) is 9.80 Å². The number of likely N-dealkylation sites (tertiary alicyclic amines) is 1. The molecule has 2 fully saturated rings. The van der Waals surface area contributed by atoms with E-state index in [1.807, 2.05) is 32.0 Å². The van der Waals surface area contributed by atoms with E-state index in [0.29, 0.717) is 26.1 Å². The lowest BCUT2D eigenvalue weighted by atomic mass is 10.0. The van der Waals surface area contributed by atoms with E-state index in [0.717, 1.165) is 24.1 Å². The summed E-state index contributed by atoms with van der Waals surface area (Å²) in [4.78, 5) is 40.5. The molecule has 1 aromatic carbocycles. The molecular weight excluding hydrogens is 330 g/mol. The molecule has 6 nitrogen and oxygen atoms in total. The number of carbonyl (C=O) groups is 3. The second kappa shape index (κ2) is 7.48. The maximum Gasteiger partial charge on any atom is 0.239 e. The van der Waals surface area contributed by atoms with Crippen molar-refractivity contribution in [3.05, 3.63) is 29.3 Å². The van der Waals surface area contributed by atoms with Gasteiger partial charge in [-0.15, -0.1) is 0 Å². The van der Waals surface area contributed by atoms with Crippen molar-refractivity contribution in [2.75, 3.05) is 24.5 Å². The van der Waals surface area contributed by atoms with Gasteiger partial charge >= 0.3 is 0 Å². The van der Waals surface area contributed by atoms with E-state index in [1.165, 1.54) is 12.5 Å². The summed E-state index contributed by atoms with van der Waals surface area (Å²) in [6, 6.07) is 5.95. The highest BCUT2D eigenvalue weighted by molar-refractivity contribution is 6.09. The normalized spacial score (nSPS) is 23.3. The molecular formula is C20H27N3O3. The van der Waals surface area contributed by atoms with Crippen LogP contribution in [0.15, 0.2) is 18.2 Å². The van der Waals surface area contributed by atoms with Crippen molar-refractivity contribution >= 4 is 23.4 Å². The standard InChI is InChI=1S/C20H27N3O3/c1-13-6-7-17(11-14(13)2)23-10-8-18(20(23)26)19(25)22-9-4-5-16(12-22)21-15(3)24/h6-7,11,16,18H,4-5,8-10,12H2,1-3H3,(H,21,24). The van der Waals surface area contributed by atoms with E-state index >= 15 is 0 Å². The Bertz CT molecular complexity index is 731. The van der Waals surface area contributed by atoms with Gasteiger partial charge in [0, 0.05) is 38.3 Å². The van der Waals surface area contributed by atoms with E-state index in [9.17, 15) is 14.4 Å². The van der Waals surface area contributed by atoms with Gasteiger partial charge in [0.2, 0.25) is 17.7 Å². The first-order chi connectivity index (χ1) is 12.4. The van der Waals surface area contributed by atoms with Crippen LogP contribution in [0.4, 0.5) is 5.69 Å². The SMILES string of the molecule is CC(=O)NC1CCCN(C(=O)C2CCN(c3ccc(C)c(C)c3)C2=O)C1. The highest BCUT2D eigenvalue weighted by atomic mass is 16.2. The molecule has 0 aromatic heterocycles. The summed E-state index contributed by atoms with van der Waals surface area (Å²) >= 11 is 0. The zero-order valence-electron chi connectivity index (χ0n) is 15.7. The number of benzene rings is 1. The lowest BCUT2D eigenvalue weighted by molar-refractivity contribution is -0.141. The third kappa shape index (κ3) is 3.74. The summed E-state index contributed by atoms with van der Waals surface area (Å²) in [6.45, 7) is 7.27. The summed E-state index contributed by atoms with van der Waals surface area (Å²) in [7, 11) is 0. The van der Waals surface area contributed by atoms with Crippen LogP contribution in [0.25, 0.3) is 0 Å². The minimum atomic E-state index is -0.604. The van der Waals surface area contributed by atoms with Crippen molar-refractivity contribution in [1.82, 2.24) is 10.2 Å². The van der Waals surface area contributed by atoms with Crippen LogP contribution in [-0.4, -0.2) is 48.3 Å². The molecule has 2 unspecified atom stereocenters. The first kappa shape index (κ1) is 18.4. The zero-order chi connectivity index (χ0) is 18.8. The van der Waals surface area contributed by atoms with Crippen LogP contribution in [0.5, 0.6) is 0 Å². The lowest BCUT2D eigenvalue weighted by Gasteiger charge is -2.34. The van der Waals surface area contributed by atoms with Gasteiger partial charge in [0.25, 0.3) is 0 Å². The summed E-state index contributed by atoms with van der Waals surface area (Å²) in [5.74, 6) is -0.897. The number of nitrogens with one attached hydrogen (secondary N) is 1. The molecule has 3 amide bonds. The van der Waals surface area contributed by atoms with Crippen LogP contribution in [0.3, 0.4) is 0 Å². The van der Waals surface area contributed by atoms with Gasteiger partial charge in [0.05, 0.1) is 0 Å². The predicted octanol–water partition coefficient (Wildman–Crippen LogP) is 1.78. The van der Waals surface area contributed by atoms with Crippen LogP contribution in [0, 0.1) is 19.8 Å². The molecule has 2 saturated heterocycles. The number of piperidine rings is 1. The minimum absolute atomic E-state index is 0.0162. The second-order valence-electron chi connectivity index (χ2n) is 7.42. The monoisotopic (exact) mass is 357 g/mol. The van der Waals surface area contributed by atoms with Crippen LogP contribution in [0.2, 0.25) is 0 Å². The summed E-state index contributed by atoms with van der Waals surface area (Å²) < 4.78 is 0. The molecule has 2 heterocycles. The Kier molecular flexibility index (Phi) is 5.30. The first-order valence-electron chi connectivity index (χ1n) is 9.31. The fraction of sp³-hybridized carbons (Fsp3) is 0.550. The van der Waals surface area contributed by atoms with Gasteiger partial charge in [0.1, 0.15) is 5.92 Å². The highest BCUT2D eigenvalue weighted by Gasteiger charge is 2.40. The third-order valence-corrected chi connectivity index (χ3v) is 5.45. The zero-order valence-corrected chi connectivity index (χ0v) is 15.7. The van der Waals surface area contributed by atoms with Gasteiger partial charge in [-0.25, -0.2) is 0 Å². The second-order valence-corrected chi connectivity index (χ2v) is 7.42. The third-order valence-electron chi connectivity index (χ3n) is 5.45. The van der Waals surface area contributed by atoms with Gasteiger partial charge in [-0.05, 0) is 56.4 Å². The lowest BCUT2D eigenvalue weighted by Crippen LogP contribution is -2.51. The number of anilines is 1. The Balaban J connectivity index is 1.68. The molecule has 2 aliphatic rings. The average Bonchev–Trinajstić information content (AvgIpc) is 2.98. The number of hydrogen-bond acceptors (Lipinski definition) is 3. The topological polar surface area (TPSA) is 69.7 Å². The largest absolute Gasteiger partial charge is 0.352 e. The number of nitrogens with zero attached hydrogens (tertiary/aromatic N) is 2. The fourth-order valence-corrected chi connectivity index (χ4v) is 3.86. The van der Waals surface area contributed by atoms with Gasteiger partial charge in [0.15, 0.2) is 0 Å². The number of amides is 3. The van der Waals surface area contributed by atoms with E-state index in [-0.39, 0.29) is 23.8 Å². The molecule has 0 saturated carbocycles. The van der Waals surface area contributed by atoms with Crippen LogP contribution in [0.1, 0.15) is 37.3 Å². The molecule has 1 aromatic rings. The van der Waals surface area contributed by atoms with Crippen molar-refractivity contribution in [1.29, 1.82) is 0 Å². The number of carbonyl (C=O) groups excluding carboxylic acids is 3. The Morgan fingerprint density at radius 1 is 1.12 bits per heavy atom. The van der Waals surface area contributed by atoms with Crippen molar-refractivity contribution < 1.29 is 14.4 Å². The first-order valence-corrected chi connectivity index (χ1v) is 9.31. The maximum atomic E-state index is 12.9. The molecule has 140 valence electrons. The minimum Gasteiger partial charge on any atom is -0.352 e. The van der Waals surface area contributed by atoms with Crippen LogP contribution in [-0.2, 0) is 14.4 Å². The van der Waals surface area contributed by atoms with E-state index in [4.69, 9.17) is 0 Å². The summed E-state index contributed by atoms with van der Waals surface area (Å²) in [6.07, 6.45) is 2.26. The van der Waals surface area contributed by atoms with Gasteiger partial charge in [-0.1, -0.05) is 6.07 Å². The van der Waals surface area contributed by atoms with Crippen LogP contribution < -0.4 is 10.2 Å². The quantitative estimate of drug-likeness (QED) is 0.839. The molecule has 0 spiro atoms. The Morgan fingerprint density at radius 2 is 1.88 bits per heavy atom. The Hall–Kier alpha value is -2.37. The van der Waals surface area contributed by atoms with Gasteiger partial charge < -0.3 is 15.1 Å². The molecule has 0 aliphatic carbocycles. The highest BCUT2D eigenvalue weighted by Crippen LogP contribution is 2.28. The number of aryl methyl sites for hydroxylation is 2. The van der Waals surface area contributed by atoms with Crippen molar-refractivity contribution in [3.63, 3.8) is 0 Å². The predicted molar refractivity (Wildman–Crippen MR) is 99.8 cm³/mol. The summed E-state index contributed by atoms with van der Waals surface area (Å²) in [5.41, 5.74) is 3.19. The van der Waals surface area contributed by atoms with Crippen molar-refractivity contribution in [2.24, 2.45) is 5.92 Å². The smallest absolute Gasteiger partial charge is 0.239 e. The number of rotatable bonds is 3. The number of hydrogen-bond donors (Lipinski definition) is 1. The molecule has 0 radical (unpaired) electrons. The average molecular weight is 357 g/mol. The molecule has 1 N–H and O–H groups in total. The molecule has 0 bridgehead atoms. The van der Waals surface area contributed by atoms with Gasteiger partial charge in [-0.2, -0.15) is 0 Å². The Labute approximate surface area is 154 Å². The van der Waals surface area contributed by atoms with Gasteiger partial charge in [-0.3, -0.25) is 14.4 Å². The Morgan fingerprint density at radius 3 is 2.58 bits per heavy atom. The van der Waals surface area contributed by atoms with E-state index < -0.39 is 5.92 Å². The van der Waals surface area contributed by atoms with E-state index in [2.05, 4.69) is 5.32 Å². The molecule has 26 heavy (non-hydrogen) atoms. The van der Waals surface area contributed by atoms with Crippen molar-refractivity contribution in [3.8, 4) is 0 Å². The van der Waals surface area contributed by atoms with Crippen molar-refractivity contribution in [2.45, 2.75) is 46.1 Å². The molecule has 2 atom stereocenters. The molecule has 3 rings (SSSR count). The maximum absolute atomic E-state index is 12.9. The van der Waals surface area contributed by atoms with Crippen LogP contribution >= 0.6 is 0 Å². The fourth-order valence-electron chi connectivity index (χ4n) is 3.86.